The number of anilines is 1. The molecule has 3 heterocycles. The fourth-order valence-corrected chi connectivity index (χ4v) is 3.81. The fraction of sp³-hybridized carbons (Fsp3) is 0.421. The van der Waals surface area contributed by atoms with Crippen LogP contribution in [-0.4, -0.2) is 53.0 Å². The van der Waals surface area contributed by atoms with E-state index >= 15 is 0 Å². The highest BCUT2D eigenvalue weighted by atomic mass is 16.5. The van der Waals surface area contributed by atoms with Gasteiger partial charge in [0.15, 0.2) is 0 Å². The summed E-state index contributed by atoms with van der Waals surface area (Å²) in [5, 5.41) is 0. The number of amides is 2. The first kappa shape index (κ1) is 16.8. The number of aromatic amines is 1. The Morgan fingerprint density at radius 2 is 2.27 bits per heavy atom. The molecule has 7 nitrogen and oxygen atoms in total. The van der Waals surface area contributed by atoms with Crippen LogP contribution in [0.25, 0.3) is 0 Å². The second kappa shape index (κ2) is 6.92. The van der Waals surface area contributed by atoms with Gasteiger partial charge in [0.05, 0.1) is 12.1 Å². The summed E-state index contributed by atoms with van der Waals surface area (Å²) >= 11 is 0. The molecule has 0 aliphatic carbocycles. The van der Waals surface area contributed by atoms with E-state index in [-0.39, 0.29) is 24.0 Å². The van der Waals surface area contributed by atoms with Gasteiger partial charge in [-0.3, -0.25) is 9.59 Å². The summed E-state index contributed by atoms with van der Waals surface area (Å²) in [5.74, 6) is 0.812. The molecule has 26 heavy (non-hydrogen) atoms. The van der Waals surface area contributed by atoms with Gasteiger partial charge in [0, 0.05) is 56.7 Å². The van der Waals surface area contributed by atoms with Gasteiger partial charge in [-0.2, -0.15) is 0 Å². The molecule has 2 fully saturated rings. The second-order valence-corrected chi connectivity index (χ2v) is 6.74. The van der Waals surface area contributed by atoms with E-state index in [1.165, 1.54) is 0 Å². The molecular weight excluding hydrogens is 332 g/mol. The van der Waals surface area contributed by atoms with E-state index in [0.717, 1.165) is 17.9 Å². The smallest absolute Gasteiger partial charge is 0.254 e. The lowest BCUT2D eigenvalue weighted by Crippen LogP contribution is -2.32. The number of H-pyrrole nitrogens is 1. The minimum absolute atomic E-state index is 0.0163. The Morgan fingerprint density at radius 1 is 1.38 bits per heavy atom. The molecule has 1 N–H and O–H groups in total. The number of rotatable bonds is 4. The van der Waals surface area contributed by atoms with E-state index in [1.54, 1.807) is 35.4 Å². The molecule has 0 spiro atoms. The number of methoxy groups -OCH3 is 1. The molecule has 4 rings (SSSR count). The molecule has 2 amide bonds. The standard InChI is InChI=1S/C19H22N4O3/c1-26-15-11-16(18-20-7-8-21-18)23(12-15)19(25)13-4-2-5-14(10-13)22-9-3-6-17(22)24/h2,4-5,7-8,10,15-16H,3,6,9,11-12H2,1H3,(H,20,21)/t15-,16?/m1/s1. The van der Waals surface area contributed by atoms with Crippen molar-refractivity contribution >= 4 is 17.5 Å². The number of aromatic nitrogens is 2. The Labute approximate surface area is 152 Å². The van der Waals surface area contributed by atoms with Crippen molar-refractivity contribution in [3.8, 4) is 0 Å². The fourth-order valence-electron chi connectivity index (χ4n) is 3.81. The average molecular weight is 354 g/mol. The average Bonchev–Trinajstić information content (AvgIpc) is 3.41. The van der Waals surface area contributed by atoms with Crippen molar-refractivity contribution in [1.29, 1.82) is 0 Å². The van der Waals surface area contributed by atoms with Gasteiger partial charge in [-0.15, -0.1) is 0 Å². The highest BCUT2D eigenvalue weighted by Crippen LogP contribution is 2.33. The highest BCUT2D eigenvalue weighted by molar-refractivity contribution is 5.99. The van der Waals surface area contributed by atoms with E-state index in [2.05, 4.69) is 9.97 Å². The number of likely N-dealkylation sites (tertiary alicyclic amines) is 1. The lowest BCUT2D eigenvalue weighted by Gasteiger charge is -2.24. The Morgan fingerprint density at radius 3 is 2.96 bits per heavy atom. The van der Waals surface area contributed by atoms with Gasteiger partial charge in [0.25, 0.3) is 5.91 Å². The van der Waals surface area contributed by atoms with Crippen molar-refractivity contribution in [3.05, 3.63) is 48.0 Å². The molecule has 1 aromatic heterocycles. The van der Waals surface area contributed by atoms with Crippen LogP contribution in [0.3, 0.4) is 0 Å². The van der Waals surface area contributed by atoms with Gasteiger partial charge in [-0.25, -0.2) is 4.98 Å². The quantitative estimate of drug-likeness (QED) is 0.912. The SMILES string of the molecule is CO[C@@H]1CC(c2ncc[nH]2)N(C(=O)c2cccc(N3CCCC3=O)c2)C1. The summed E-state index contributed by atoms with van der Waals surface area (Å²) < 4.78 is 5.49. The summed E-state index contributed by atoms with van der Waals surface area (Å²) in [5.41, 5.74) is 1.37. The zero-order chi connectivity index (χ0) is 18.1. The molecule has 2 aromatic rings. The second-order valence-electron chi connectivity index (χ2n) is 6.74. The van der Waals surface area contributed by atoms with Gasteiger partial charge in [-0.05, 0) is 24.6 Å². The number of carbonyl (C=O) groups is 2. The monoisotopic (exact) mass is 354 g/mol. The van der Waals surface area contributed by atoms with E-state index in [1.807, 2.05) is 18.2 Å². The summed E-state index contributed by atoms with van der Waals surface area (Å²) in [7, 11) is 1.66. The number of hydrogen-bond acceptors (Lipinski definition) is 4. The molecule has 0 bridgehead atoms. The van der Waals surface area contributed by atoms with Gasteiger partial charge >= 0.3 is 0 Å². The van der Waals surface area contributed by atoms with Gasteiger partial charge < -0.3 is 19.5 Å². The first-order valence-corrected chi connectivity index (χ1v) is 8.91. The number of nitrogens with zero attached hydrogens (tertiary/aromatic N) is 3. The maximum Gasteiger partial charge on any atom is 0.254 e. The van der Waals surface area contributed by atoms with Crippen molar-refractivity contribution in [2.24, 2.45) is 0 Å². The Balaban J connectivity index is 1.61. The van der Waals surface area contributed by atoms with Crippen molar-refractivity contribution in [2.45, 2.75) is 31.4 Å². The van der Waals surface area contributed by atoms with Crippen LogP contribution in [-0.2, 0) is 9.53 Å². The van der Waals surface area contributed by atoms with Crippen molar-refractivity contribution in [3.63, 3.8) is 0 Å². The molecule has 2 atom stereocenters. The first-order chi connectivity index (χ1) is 12.7. The maximum absolute atomic E-state index is 13.2. The van der Waals surface area contributed by atoms with E-state index in [4.69, 9.17) is 4.74 Å². The molecule has 2 aliphatic rings. The Kier molecular flexibility index (Phi) is 4.46. The predicted octanol–water partition coefficient (Wildman–Crippen LogP) is 2.14. The zero-order valence-corrected chi connectivity index (χ0v) is 14.7. The van der Waals surface area contributed by atoms with E-state index in [9.17, 15) is 9.59 Å². The summed E-state index contributed by atoms with van der Waals surface area (Å²) in [6.07, 6.45) is 5.58. The number of ether oxygens (including phenoxy) is 1. The minimum atomic E-state index is -0.139. The number of benzene rings is 1. The molecule has 0 saturated carbocycles. The van der Waals surface area contributed by atoms with Gasteiger partial charge in [-0.1, -0.05) is 6.07 Å². The zero-order valence-electron chi connectivity index (χ0n) is 14.7. The topological polar surface area (TPSA) is 78.5 Å². The van der Waals surface area contributed by atoms with Crippen LogP contribution in [0.2, 0.25) is 0 Å². The molecule has 136 valence electrons. The molecule has 1 aromatic carbocycles. The summed E-state index contributed by atoms with van der Waals surface area (Å²) in [6, 6.07) is 7.18. The lowest BCUT2D eigenvalue weighted by atomic mass is 10.1. The van der Waals surface area contributed by atoms with Crippen LogP contribution in [0.1, 0.15) is 41.5 Å². The molecule has 0 radical (unpaired) electrons. The number of hydrogen-bond donors (Lipinski definition) is 1. The summed E-state index contributed by atoms with van der Waals surface area (Å²) in [6.45, 7) is 1.23. The third-order valence-electron chi connectivity index (χ3n) is 5.17. The highest BCUT2D eigenvalue weighted by Gasteiger charge is 2.38. The molecule has 2 saturated heterocycles. The van der Waals surface area contributed by atoms with Crippen molar-refractivity contribution in [2.75, 3.05) is 25.1 Å². The Hall–Kier alpha value is -2.67. The van der Waals surface area contributed by atoms with Crippen LogP contribution in [0.15, 0.2) is 36.7 Å². The lowest BCUT2D eigenvalue weighted by molar-refractivity contribution is -0.117. The van der Waals surface area contributed by atoms with Gasteiger partial charge in [0.1, 0.15) is 5.82 Å². The number of carbonyl (C=O) groups excluding carboxylic acids is 2. The number of nitrogens with one attached hydrogen (secondary N) is 1. The van der Waals surface area contributed by atoms with E-state index < -0.39 is 0 Å². The van der Waals surface area contributed by atoms with E-state index in [0.29, 0.717) is 31.5 Å². The third-order valence-corrected chi connectivity index (χ3v) is 5.17. The maximum atomic E-state index is 13.2. The van der Waals surface area contributed by atoms with Crippen molar-refractivity contribution < 1.29 is 14.3 Å². The number of imidazole rings is 1. The predicted molar refractivity (Wildman–Crippen MR) is 95.8 cm³/mol. The van der Waals surface area contributed by atoms with Crippen LogP contribution in [0.5, 0.6) is 0 Å². The Bertz CT molecular complexity index is 805. The first-order valence-electron chi connectivity index (χ1n) is 8.91. The normalized spacial score (nSPS) is 23.0. The largest absolute Gasteiger partial charge is 0.380 e. The third kappa shape index (κ3) is 2.99. The molecule has 1 unspecified atom stereocenters. The molecular formula is C19H22N4O3. The molecule has 7 heteroatoms. The van der Waals surface area contributed by atoms with Crippen LogP contribution in [0.4, 0.5) is 5.69 Å². The van der Waals surface area contributed by atoms with Gasteiger partial charge in [0.2, 0.25) is 5.91 Å². The van der Waals surface area contributed by atoms with Crippen LogP contribution < -0.4 is 4.90 Å². The molecule has 2 aliphatic heterocycles. The van der Waals surface area contributed by atoms with Crippen LogP contribution in [0, 0.1) is 0 Å². The van der Waals surface area contributed by atoms with Crippen molar-refractivity contribution in [1.82, 2.24) is 14.9 Å². The summed E-state index contributed by atoms with van der Waals surface area (Å²) in [4.78, 5) is 36.2. The minimum Gasteiger partial charge on any atom is -0.380 e. The van der Waals surface area contributed by atoms with Crippen LogP contribution >= 0.6 is 0 Å².